The molecule has 1 N–H and O–H groups in total. The Morgan fingerprint density at radius 2 is 2.12 bits per heavy atom. The van der Waals surface area contributed by atoms with Crippen molar-refractivity contribution in [2.24, 2.45) is 5.92 Å². The maximum absolute atomic E-state index is 10.9. The highest BCUT2D eigenvalue weighted by Gasteiger charge is 2.61. The molecular formula is C12H12BrNO2. The van der Waals surface area contributed by atoms with Crippen LogP contribution in [0.3, 0.4) is 0 Å². The van der Waals surface area contributed by atoms with Crippen LogP contribution in [0.4, 0.5) is 4.79 Å². The quantitative estimate of drug-likeness (QED) is 0.860. The van der Waals surface area contributed by atoms with Gasteiger partial charge in [-0.25, -0.2) is 4.79 Å². The van der Waals surface area contributed by atoms with Crippen LogP contribution in [0.15, 0.2) is 28.7 Å². The Kier molecular flexibility index (Phi) is 2.05. The van der Waals surface area contributed by atoms with Crippen LogP contribution in [0.1, 0.15) is 12.0 Å². The van der Waals surface area contributed by atoms with Gasteiger partial charge in [0.25, 0.3) is 0 Å². The van der Waals surface area contributed by atoms with Gasteiger partial charge in [-0.1, -0.05) is 28.1 Å². The monoisotopic (exact) mass is 281 g/mol. The van der Waals surface area contributed by atoms with Gasteiger partial charge in [-0.2, -0.15) is 0 Å². The highest BCUT2D eigenvalue weighted by Crippen LogP contribution is 2.58. The number of rotatable bonds is 1. The van der Waals surface area contributed by atoms with Gasteiger partial charge in [0.1, 0.15) is 0 Å². The van der Waals surface area contributed by atoms with E-state index < -0.39 is 6.09 Å². The maximum Gasteiger partial charge on any atom is 0.407 e. The third kappa shape index (κ3) is 1.36. The predicted octanol–water partition coefficient (Wildman–Crippen LogP) is 2.70. The fourth-order valence-electron chi connectivity index (χ4n) is 2.86. The molecule has 1 aliphatic heterocycles. The highest BCUT2D eigenvalue weighted by molar-refractivity contribution is 9.10. The molecule has 1 saturated heterocycles. The second kappa shape index (κ2) is 3.23. The molecule has 2 aliphatic rings. The second-order valence-corrected chi connectivity index (χ2v) is 5.64. The molecule has 0 spiro atoms. The lowest BCUT2D eigenvalue weighted by molar-refractivity contribution is 0.150. The number of carbonyl (C=O) groups is 1. The summed E-state index contributed by atoms with van der Waals surface area (Å²) in [7, 11) is 0. The zero-order valence-electron chi connectivity index (χ0n) is 8.69. The van der Waals surface area contributed by atoms with Gasteiger partial charge in [0.15, 0.2) is 0 Å². The summed E-state index contributed by atoms with van der Waals surface area (Å²) in [5.74, 6) is 0.532. The summed E-state index contributed by atoms with van der Waals surface area (Å²) in [5, 5.41) is 8.98. The number of hydrogen-bond acceptors (Lipinski definition) is 1. The smallest absolute Gasteiger partial charge is 0.407 e. The standard InChI is InChI=1S/C12H12BrNO2/c13-10-3-1-8(2-4-10)12-5-9(12)6-14(7-12)11(15)16/h1-4,9H,5-7H2,(H,15,16). The summed E-state index contributed by atoms with van der Waals surface area (Å²) in [4.78, 5) is 12.5. The van der Waals surface area contributed by atoms with E-state index in [1.165, 1.54) is 10.5 Å². The van der Waals surface area contributed by atoms with Crippen LogP contribution in [0.2, 0.25) is 0 Å². The van der Waals surface area contributed by atoms with Crippen molar-refractivity contribution in [2.45, 2.75) is 11.8 Å². The van der Waals surface area contributed by atoms with Gasteiger partial charge in [-0.3, -0.25) is 0 Å². The summed E-state index contributed by atoms with van der Waals surface area (Å²) < 4.78 is 1.07. The van der Waals surface area contributed by atoms with Gasteiger partial charge >= 0.3 is 6.09 Å². The van der Waals surface area contributed by atoms with E-state index in [1.807, 2.05) is 12.1 Å². The number of carboxylic acid groups (broad SMARTS) is 1. The molecule has 1 aliphatic carbocycles. The lowest BCUT2D eigenvalue weighted by Gasteiger charge is -2.18. The SMILES string of the molecule is O=C(O)N1CC2CC2(c2ccc(Br)cc2)C1. The Morgan fingerprint density at radius 3 is 2.69 bits per heavy atom. The fraction of sp³-hybridized carbons (Fsp3) is 0.417. The molecule has 3 rings (SSSR count). The van der Waals surface area contributed by atoms with Gasteiger partial charge in [-0.15, -0.1) is 0 Å². The maximum atomic E-state index is 10.9. The van der Waals surface area contributed by atoms with Crippen molar-refractivity contribution in [3.8, 4) is 0 Å². The van der Waals surface area contributed by atoms with Crippen molar-refractivity contribution in [2.75, 3.05) is 13.1 Å². The molecule has 0 aromatic heterocycles. The van der Waals surface area contributed by atoms with E-state index in [1.54, 1.807) is 0 Å². The molecule has 2 fully saturated rings. The van der Waals surface area contributed by atoms with Crippen molar-refractivity contribution in [3.63, 3.8) is 0 Å². The Balaban J connectivity index is 1.87. The van der Waals surface area contributed by atoms with Crippen LogP contribution in [0, 0.1) is 5.92 Å². The van der Waals surface area contributed by atoms with E-state index >= 15 is 0 Å². The van der Waals surface area contributed by atoms with E-state index in [4.69, 9.17) is 5.11 Å². The summed E-state index contributed by atoms with van der Waals surface area (Å²) in [5.41, 5.74) is 1.41. The molecule has 1 heterocycles. The normalized spacial score (nSPS) is 31.3. The average molecular weight is 282 g/mol. The molecule has 2 atom stereocenters. The molecule has 1 saturated carbocycles. The summed E-state index contributed by atoms with van der Waals surface area (Å²) in [6.07, 6.45) is 0.349. The molecule has 0 bridgehead atoms. The van der Waals surface area contributed by atoms with E-state index in [0.717, 1.165) is 10.9 Å². The second-order valence-electron chi connectivity index (χ2n) is 4.73. The first kappa shape index (κ1) is 10.1. The summed E-state index contributed by atoms with van der Waals surface area (Å²) in [6.45, 7) is 1.36. The fourth-order valence-corrected chi connectivity index (χ4v) is 3.12. The van der Waals surface area contributed by atoms with E-state index in [2.05, 4.69) is 28.1 Å². The zero-order chi connectivity index (χ0) is 11.3. The van der Waals surface area contributed by atoms with Crippen LogP contribution in [0.5, 0.6) is 0 Å². The lowest BCUT2D eigenvalue weighted by Crippen LogP contribution is -2.31. The van der Waals surface area contributed by atoms with Crippen molar-refractivity contribution in [1.29, 1.82) is 0 Å². The minimum Gasteiger partial charge on any atom is -0.465 e. The molecule has 2 unspecified atom stereocenters. The molecule has 0 radical (unpaired) electrons. The zero-order valence-corrected chi connectivity index (χ0v) is 10.3. The number of piperidine rings is 1. The summed E-state index contributed by atoms with van der Waals surface area (Å²) in [6, 6.07) is 8.27. The van der Waals surface area contributed by atoms with Crippen LogP contribution >= 0.6 is 15.9 Å². The van der Waals surface area contributed by atoms with Crippen molar-refractivity contribution in [3.05, 3.63) is 34.3 Å². The van der Waals surface area contributed by atoms with Gasteiger partial charge in [0.2, 0.25) is 0 Å². The van der Waals surface area contributed by atoms with Crippen LogP contribution in [-0.2, 0) is 5.41 Å². The molecule has 1 aromatic carbocycles. The van der Waals surface area contributed by atoms with E-state index in [-0.39, 0.29) is 5.41 Å². The van der Waals surface area contributed by atoms with Crippen LogP contribution in [-0.4, -0.2) is 29.2 Å². The third-order valence-corrected chi connectivity index (χ3v) is 4.36. The number of halogens is 1. The Labute approximate surface area is 102 Å². The third-order valence-electron chi connectivity index (χ3n) is 3.84. The number of nitrogens with zero attached hydrogens (tertiary/aromatic N) is 1. The molecule has 1 aromatic rings. The first-order valence-corrected chi connectivity index (χ1v) is 6.15. The number of benzene rings is 1. The number of hydrogen-bond donors (Lipinski definition) is 1. The Morgan fingerprint density at radius 1 is 1.44 bits per heavy atom. The van der Waals surface area contributed by atoms with Gasteiger partial charge < -0.3 is 10.0 Å². The first-order valence-electron chi connectivity index (χ1n) is 5.36. The van der Waals surface area contributed by atoms with Gasteiger partial charge in [0, 0.05) is 23.0 Å². The number of likely N-dealkylation sites (tertiary alicyclic amines) is 1. The minimum atomic E-state index is -0.788. The molecule has 16 heavy (non-hydrogen) atoms. The van der Waals surface area contributed by atoms with Crippen molar-refractivity contribution >= 4 is 22.0 Å². The molecule has 3 nitrogen and oxygen atoms in total. The summed E-state index contributed by atoms with van der Waals surface area (Å²) >= 11 is 3.42. The molecular weight excluding hydrogens is 270 g/mol. The highest BCUT2D eigenvalue weighted by atomic mass is 79.9. The minimum absolute atomic E-state index is 0.124. The van der Waals surface area contributed by atoms with Gasteiger partial charge in [0.05, 0.1) is 0 Å². The molecule has 1 amide bonds. The number of amides is 1. The Bertz CT molecular complexity index is 445. The first-order chi connectivity index (χ1) is 7.62. The van der Waals surface area contributed by atoms with Crippen molar-refractivity contribution in [1.82, 2.24) is 4.90 Å². The Hall–Kier alpha value is -1.03. The number of fused-ring (bicyclic) bond motifs is 1. The van der Waals surface area contributed by atoms with Crippen LogP contribution in [0.25, 0.3) is 0 Å². The van der Waals surface area contributed by atoms with E-state index in [0.29, 0.717) is 19.0 Å². The van der Waals surface area contributed by atoms with Crippen molar-refractivity contribution < 1.29 is 9.90 Å². The lowest BCUT2D eigenvalue weighted by atomic mass is 9.95. The predicted molar refractivity (Wildman–Crippen MR) is 63.5 cm³/mol. The molecule has 4 heteroatoms. The van der Waals surface area contributed by atoms with E-state index in [9.17, 15) is 4.79 Å². The average Bonchev–Trinajstić information content (AvgIpc) is 2.82. The largest absolute Gasteiger partial charge is 0.465 e. The van der Waals surface area contributed by atoms with Crippen LogP contribution < -0.4 is 0 Å². The topological polar surface area (TPSA) is 40.5 Å². The van der Waals surface area contributed by atoms with Gasteiger partial charge in [-0.05, 0) is 30.0 Å². The molecule has 84 valence electrons.